The van der Waals surface area contributed by atoms with Crippen LogP contribution < -0.4 is 5.32 Å². The van der Waals surface area contributed by atoms with Gasteiger partial charge in [-0.1, -0.05) is 43.2 Å². The van der Waals surface area contributed by atoms with Gasteiger partial charge in [-0.3, -0.25) is 9.48 Å². The molecule has 4 nitrogen and oxygen atoms in total. The lowest BCUT2D eigenvalue weighted by molar-refractivity contribution is -0.121. The van der Waals surface area contributed by atoms with E-state index in [1.807, 2.05) is 31.3 Å². The van der Waals surface area contributed by atoms with Gasteiger partial charge >= 0.3 is 0 Å². The Morgan fingerprint density at radius 3 is 2.50 bits per heavy atom. The van der Waals surface area contributed by atoms with Gasteiger partial charge in [-0.2, -0.15) is 5.10 Å². The Bertz CT molecular complexity index is 597. The van der Waals surface area contributed by atoms with Crippen molar-refractivity contribution in [1.29, 1.82) is 0 Å². The minimum atomic E-state index is -0.383. The molecular formula is C16H19N3O. The molecule has 1 heterocycles. The van der Waals surface area contributed by atoms with Crippen molar-refractivity contribution in [3.8, 4) is 0 Å². The molecule has 0 saturated heterocycles. The van der Waals surface area contributed by atoms with Crippen molar-refractivity contribution in [3.63, 3.8) is 0 Å². The van der Waals surface area contributed by atoms with Crippen molar-refractivity contribution >= 4 is 11.7 Å². The van der Waals surface area contributed by atoms with Gasteiger partial charge in [-0.25, -0.2) is 0 Å². The van der Waals surface area contributed by atoms with Crippen LogP contribution in [0, 0.1) is 0 Å². The molecule has 1 N–H and O–H groups in total. The zero-order valence-electron chi connectivity index (χ0n) is 11.7. The number of carbonyl (C=O) groups is 1. The summed E-state index contributed by atoms with van der Waals surface area (Å²) in [5, 5.41) is 7.13. The van der Waals surface area contributed by atoms with Crippen LogP contribution in [0.2, 0.25) is 0 Å². The van der Waals surface area contributed by atoms with Gasteiger partial charge in [-0.15, -0.1) is 0 Å². The molecule has 0 spiro atoms. The van der Waals surface area contributed by atoms with Crippen molar-refractivity contribution < 1.29 is 4.79 Å². The number of aromatic nitrogens is 2. The Morgan fingerprint density at radius 1 is 1.20 bits per heavy atom. The monoisotopic (exact) mass is 269 g/mol. The summed E-state index contributed by atoms with van der Waals surface area (Å²) < 4.78 is 1.69. The largest absolute Gasteiger partial charge is 0.310 e. The molecule has 1 aliphatic carbocycles. The van der Waals surface area contributed by atoms with Crippen LogP contribution in [-0.4, -0.2) is 15.7 Å². The number of rotatable bonds is 3. The molecule has 0 atom stereocenters. The van der Waals surface area contributed by atoms with Crippen LogP contribution in [0.15, 0.2) is 42.6 Å². The second-order valence-corrected chi connectivity index (χ2v) is 5.45. The maximum absolute atomic E-state index is 12.8. The predicted octanol–water partition coefficient (Wildman–Crippen LogP) is 2.87. The summed E-state index contributed by atoms with van der Waals surface area (Å²) >= 11 is 0. The van der Waals surface area contributed by atoms with Crippen LogP contribution in [0.1, 0.15) is 31.2 Å². The van der Waals surface area contributed by atoms with E-state index >= 15 is 0 Å². The first-order valence-electron chi connectivity index (χ1n) is 7.07. The van der Waals surface area contributed by atoms with E-state index in [4.69, 9.17) is 0 Å². The molecule has 1 aromatic heterocycles. The van der Waals surface area contributed by atoms with Crippen molar-refractivity contribution in [3.05, 3.63) is 48.2 Å². The summed E-state index contributed by atoms with van der Waals surface area (Å²) in [5.74, 6) is 0.835. The number of aryl methyl sites for hydroxylation is 1. The van der Waals surface area contributed by atoms with E-state index in [0.717, 1.165) is 37.1 Å². The summed E-state index contributed by atoms with van der Waals surface area (Å²) in [6.45, 7) is 0. The second-order valence-electron chi connectivity index (χ2n) is 5.45. The number of benzene rings is 1. The Labute approximate surface area is 118 Å². The van der Waals surface area contributed by atoms with E-state index in [-0.39, 0.29) is 11.3 Å². The molecule has 3 rings (SSSR count). The molecule has 0 bridgehead atoms. The number of anilines is 1. The van der Waals surface area contributed by atoms with Crippen LogP contribution in [0.3, 0.4) is 0 Å². The lowest BCUT2D eigenvalue weighted by Gasteiger charge is -2.28. The summed E-state index contributed by atoms with van der Waals surface area (Å²) in [6, 6.07) is 12.0. The maximum Gasteiger partial charge on any atom is 0.236 e. The minimum Gasteiger partial charge on any atom is -0.310 e. The zero-order chi connectivity index (χ0) is 14.0. The van der Waals surface area contributed by atoms with Gasteiger partial charge < -0.3 is 5.32 Å². The lowest BCUT2D eigenvalue weighted by atomic mass is 9.78. The highest BCUT2D eigenvalue weighted by Crippen LogP contribution is 2.41. The number of hydrogen-bond donors (Lipinski definition) is 1. The smallest absolute Gasteiger partial charge is 0.236 e. The minimum absolute atomic E-state index is 0.0878. The molecule has 1 fully saturated rings. The SMILES string of the molecule is Cn1nccc1NC(=O)C1(c2ccccc2)CCCC1. The molecule has 0 aliphatic heterocycles. The average molecular weight is 269 g/mol. The van der Waals surface area contributed by atoms with Gasteiger partial charge in [0, 0.05) is 13.1 Å². The lowest BCUT2D eigenvalue weighted by Crippen LogP contribution is -2.38. The van der Waals surface area contributed by atoms with Gasteiger partial charge in [-0.05, 0) is 18.4 Å². The van der Waals surface area contributed by atoms with E-state index < -0.39 is 0 Å². The fourth-order valence-corrected chi connectivity index (χ4v) is 3.12. The first-order valence-corrected chi connectivity index (χ1v) is 7.07. The quantitative estimate of drug-likeness (QED) is 0.931. The highest BCUT2D eigenvalue weighted by Gasteiger charge is 2.42. The van der Waals surface area contributed by atoms with Gasteiger partial charge in [0.05, 0.1) is 11.6 Å². The molecule has 1 aromatic carbocycles. The molecule has 0 radical (unpaired) electrons. The number of amides is 1. The number of nitrogens with one attached hydrogen (secondary N) is 1. The second kappa shape index (κ2) is 5.12. The van der Waals surface area contributed by atoms with Crippen LogP contribution in [0.4, 0.5) is 5.82 Å². The Balaban J connectivity index is 1.91. The molecule has 104 valence electrons. The fraction of sp³-hybridized carbons (Fsp3) is 0.375. The predicted molar refractivity (Wildman–Crippen MR) is 78.4 cm³/mol. The summed E-state index contributed by atoms with van der Waals surface area (Å²) in [7, 11) is 1.83. The van der Waals surface area contributed by atoms with E-state index in [0.29, 0.717) is 0 Å². The highest BCUT2D eigenvalue weighted by atomic mass is 16.2. The summed E-state index contributed by atoms with van der Waals surface area (Å²) in [6.07, 6.45) is 5.74. The molecule has 0 unspecified atom stereocenters. The van der Waals surface area contributed by atoms with Gasteiger partial charge in [0.2, 0.25) is 5.91 Å². The average Bonchev–Trinajstić information content (AvgIpc) is 3.11. The number of carbonyl (C=O) groups excluding carboxylic acids is 1. The Morgan fingerprint density at radius 2 is 1.90 bits per heavy atom. The highest BCUT2D eigenvalue weighted by molar-refractivity contribution is 5.98. The topological polar surface area (TPSA) is 46.9 Å². The normalized spacial score (nSPS) is 17.1. The van der Waals surface area contributed by atoms with Crippen molar-refractivity contribution in [2.24, 2.45) is 7.05 Å². The fourth-order valence-electron chi connectivity index (χ4n) is 3.12. The molecular weight excluding hydrogens is 250 g/mol. The van der Waals surface area contributed by atoms with Crippen LogP contribution in [0.25, 0.3) is 0 Å². The Hall–Kier alpha value is -2.10. The third-order valence-electron chi connectivity index (χ3n) is 4.28. The number of hydrogen-bond acceptors (Lipinski definition) is 2. The molecule has 1 saturated carbocycles. The molecule has 20 heavy (non-hydrogen) atoms. The van der Waals surface area contributed by atoms with Gasteiger partial charge in [0.15, 0.2) is 0 Å². The third-order valence-corrected chi connectivity index (χ3v) is 4.28. The van der Waals surface area contributed by atoms with Crippen molar-refractivity contribution in [2.45, 2.75) is 31.1 Å². The maximum atomic E-state index is 12.8. The van der Waals surface area contributed by atoms with Gasteiger partial charge in [0.25, 0.3) is 0 Å². The standard InChI is InChI=1S/C16H19N3O/c1-19-14(9-12-17-19)18-15(20)16(10-5-6-11-16)13-7-3-2-4-8-13/h2-4,7-9,12H,5-6,10-11H2,1H3,(H,18,20). The first kappa shape index (κ1) is 12.9. The summed E-state index contributed by atoms with van der Waals surface area (Å²) in [4.78, 5) is 12.8. The molecule has 2 aromatic rings. The Kier molecular flexibility index (Phi) is 3.30. The van der Waals surface area contributed by atoms with E-state index in [9.17, 15) is 4.79 Å². The third kappa shape index (κ3) is 2.11. The van der Waals surface area contributed by atoms with Crippen LogP contribution in [-0.2, 0) is 17.3 Å². The number of nitrogens with zero attached hydrogens (tertiary/aromatic N) is 2. The zero-order valence-corrected chi connectivity index (χ0v) is 11.7. The van der Waals surface area contributed by atoms with Crippen molar-refractivity contribution in [2.75, 3.05) is 5.32 Å². The first-order chi connectivity index (χ1) is 9.72. The van der Waals surface area contributed by atoms with E-state index in [2.05, 4.69) is 22.5 Å². The van der Waals surface area contributed by atoms with Crippen LogP contribution >= 0.6 is 0 Å². The van der Waals surface area contributed by atoms with Crippen LogP contribution in [0.5, 0.6) is 0 Å². The molecule has 1 aliphatic rings. The summed E-state index contributed by atoms with van der Waals surface area (Å²) in [5.41, 5.74) is 0.739. The van der Waals surface area contributed by atoms with E-state index in [1.165, 1.54) is 0 Å². The molecule has 1 amide bonds. The van der Waals surface area contributed by atoms with Crippen molar-refractivity contribution in [1.82, 2.24) is 9.78 Å². The molecule has 4 heteroatoms. The van der Waals surface area contributed by atoms with E-state index in [1.54, 1.807) is 10.9 Å². The van der Waals surface area contributed by atoms with Gasteiger partial charge in [0.1, 0.15) is 5.82 Å².